The molecule has 1 saturated carbocycles. The zero-order chi connectivity index (χ0) is 15.4. The maximum Gasteiger partial charge on any atom is 0.261 e. The topological polar surface area (TPSA) is 38.3 Å². The number of nitrogens with one attached hydrogen (secondary N) is 1. The average molecular weight is 297 g/mol. The van der Waals surface area contributed by atoms with Gasteiger partial charge in [0, 0.05) is 6.04 Å². The van der Waals surface area contributed by atoms with Gasteiger partial charge in [0.1, 0.15) is 5.75 Å². The Hall–Kier alpha value is -2.03. The van der Waals surface area contributed by atoms with Crippen LogP contribution >= 0.6 is 0 Å². The molecule has 116 valence electrons. The Balaban J connectivity index is 1.68. The van der Waals surface area contributed by atoms with Crippen molar-refractivity contribution in [1.29, 1.82) is 0 Å². The Morgan fingerprint density at radius 1 is 1.18 bits per heavy atom. The van der Waals surface area contributed by atoms with Crippen molar-refractivity contribution in [3.8, 4) is 5.75 Å². The van der Waals surface area contributed by atoms with Crippen LogP contribution < -0.4 is 10.1 Å². The van der Waals surface area contributed by atoms with Crippen LogP contribution in [-0.4, -0.2) is 18.1 Å². The molecule has 1 amide bonds. The van der Waals surface area contributed by atoms with Crippen LogP contribution in [0.2, 0.25) is 0 Å². The molecule has 1 atom stereocenters. The molecule has 1 N–H and O–H groups in total. The van der Waals surface area contributed by atoms with Gasteiger partial charge in [0.15, 0.2) is 6.10 Å². The number of hydrogen-bond acceptors (Lipinski definition) is 2. The van der Waals surface area contributed by atoms with Crippen LogP contribution in [-0.2, 0) is 4.79 Å². The summed E-state index contributed by atoms with van der Waals surface area (Å²) in [5, 5.41) is 5.43. The molecule has 0 aliphatic heterocycles. The molecule has 2 aromatic carbocycles. The molecule has 0 aromatic heterocycles. The lowest BCUT2D eigenvalue weighted by Crippen LogP contribution is -2.42. The van der Waals surface area contributed by atoms with Gasteiger partial charge in [-0.2, -0.15) is 0 Å². The highest BCUT2D eigenvalue weighted by Gasteiger charge is 2.23. The molecule has 22 heavy (non-hydrogen) atoms. The molecule has 3 rings (SSSR count). The number of benzene rings is 2. The van der Waals surface area contributed by atoms with Crippen molar-refractivity contribution in [2.24, 2.45) is 0 Å². The van der Waals surface area contributed by atoms with E-state index in [2.05, 4.69) is 17.4 Å². The molecule has 0 heterocycles. The Morgan fingerprint density at radius 2 is 1.91 bits per heavy atom. The van der Waals surface area contributed by atoms with Gasteiger partial charge >= 0.3 is 0 Å². The van der Waals surface area contributed by atoms with Gasteiger partial charge in [-0.3, -0.25) is 4.79 Å². The Labute approximate surface area is 131 Å². The maximum atomic E-state index is 12.4. The third-order valence-electron chi connectivity index (χ3n) is 4.36. The van der Waals surface area contributed by atoms with E-state index in [1.807, 2.05) is 37.3 Å². The van der Waals surface area contributed by atoms with Crippen molar-refractivity contribution in [1.82, 2.24) is 5.32 Å². The third-order valence-corrected chi connectivity index (χ3v) is 4.36. The van der Waals surface area contributed by atoms with Crippen molar-refractivity contribution in [3.05, 3.63) is 42.5 Å². The quantitative estimate of drug-likeness (QED) is 0.904. The van der Waals surface area contributed by atoms with E-state index < -0.39 is 6.10 Å². The predicted octanol–water partition coefficient (Wildman–Crippen LogP) is 4.06. The molecule has 3 heteroatoms. The van der Waals surface area contributed by atoms with Crippen molar-refractivity contribution in [3.63, 3.8) is 0 Å². The minimum Gasteiger partial charge on any atom is -0.481 e. The summed E-state index contributed by atoms with van der Waals surface area (Å²) in [4.78, 5) is 12.4. The molecule has 0 spiro atoms. The molecule has 2 aromatic rings. The second-order valence-electron chi connectivity index (χ2n) is 6.01. The maximum absolute atomic E-state index is 12.4. The van der Waals surface area contributed by atoms with E-state index in [0.717, 1.165) is 24.0 Å². The standard InChI is InChI=1S/C19H23NO2/c1-2-18(19(21)20-16-9-5-6-10-16)22-17-12-11-14-7-3-4-8-15(14)13-17/h3-4,7-8,11-13,16,18H,2,5-6,9-10H2,1H3,(H,20,21)/t18-/m1/s1. The lowest BCUT2D eigenvalue weighted by atomic mass is 10.1. The third kappa shape index (κ3) is 3.41. The summed E-state index contributed by atoms with van der Waals surface area (Å²) < 4.78 is 5.93. The highest BCUT2D eigenvalue weighted by molar-refractivity contribution is 5.84. The first-order valence-corrected chi connectivity index (χ1v) is 8.22. The number of amides is 1. The summed E-state index contributed by atoms with van der Waals surface area (Å²) in [5.41, 5.74) is 0. The molecule has 0 unspecified atom stereocenters. The van der Waals surface area contributed by atoms with Crippen molar-refractivity contribution in [2.45, 2.75) is 51.2 Å². The number of hydrogen-bond donors (Lipinski definition) is 1. The van der Waals surface area contributed by atoms with Gasteiger partial charge in [-0.15, -0.1) is 0 Å². The van der Waals surface area contributed by atoms with E-state index in [9.17, 15) is 4.79 Å². The van der Waals surface area contributed by atoms with Gasteiger partial charge in [-0.05, 0) is 42.2 Å². The number of carbonyl (C=O) groups excluding carboxylic acids is 1. The summed E-state index contributed by atoms with van der Waals surface area (Å²) in [6, 6.07) is 14.5. The van der Waals surface area contributed by atoms with Crippen LogP contribution in [0, 0.1) is 0 Å². The minimum absolute atomic E-state index is 0.0163. The zero-order valence-electron chi connectivity index (χ0n) is 13.0. The van der Waals surface area contributed by atoms with Gasteiger partial charge in [0.05, 0.1) is 0 Å². The first-order valence-electron chi connectivity index (χ1n) is 8.22. The van der Waals surface area contributed by atoms with Gasteiger partial charge < -0.3 is 10.1 Å². The predicted molar refractivity (Wildman–Crippen MR) is 89.1 cm³/mol. The molecule has 3 nitrogen and oxygen atoms in total. The summed E-state index contributed by atoms with van der Waals surface area (Å²) in [7, 11) is 0. The van der Waals surface area contributed by atoms with E-state index in [-0.39, 0.29) is 5.91 Å². The fourth-order valence-electron chi connectivity index (χ4n) is 3.09. The van der Waals surface area contributed by atoms with Crippen LogP contribution in [0.4, 0.5) is 0 Å². The average Bonchev–Trinajstić information content (AvgIpc) is 3.05. The second kappa shape index (κ2) is 6.82. The van der Waals surface area contributed by atoms with E-state index in [0.29, 0.717) is 12.5 Å². The highest BCUT2D eigenvalue weighted by Crippen LogP contribution is 2.22. The summed E-state index contributed by atoms with van der Waals surface area (Å²) >= 11 is 0. The SMILES string of the molecule is CC[C@@H](Oc1ccc2ccccc2c1)C(=O)NC1CCCC1. The first-order chi connectivity index (χ1) is 10.8. The lowest BCUT2D eigenvalue weighted by Gasteiger charge is -2.20. The Bertz CT molecular complexity index is 647. The fraction of sp³-hybridized carbons (Fsp3) is 0.421. The van der Waals surface area contributed by atoms with Crippen LogP contribution in [0.25, 0.3) is 10.8 Å². The molecule has 1 aliphatic carbocycles. The fourth-order valence-corrected chi connectivity index (χ4v) is 3.09. The van der Waals surface area contributed by atoms with Crippen LogP contribution in [0.5, 0.6) is 5.75 Å². The van der Waals surface area contributed by atoms with Crippen LogP contribution in [0.3, 0.4) is 0 Å². The van der Waals surface area contributed by atoms with Crippen molar-refractivity contribution in [2.75, 3.05) is 0 Å². The Morgan fingerprint density at radius 3 is 2.64 bits per heavy atom. The van der Waals surface area contributed by atoms with E-state index in [1.165, 1.54) is 18.2 Å². The summed E-state index contributed by atoms with van der Waals surface area (Å²) in [6.45, 7) is 1.99. The lowest BCUT2D eigenvalue weighted by molar-refractivity contribution is -0.128. The van der Waals surface area contributed by atoms with E-state index in [4.69, 9.17) is 4.74 Å². The van der Waals surface area contributed by atoms with E-state index >= 15 is 0 Å². The normalized spacial score (nSPS) is 16.6. The molecular weight excluding hydrogens is 274 g/mol. The number of fused-ring (bicyclic) bond motifs is 1. The van der Waals surface area contributed by atoms with Crippen LogP contribution in [0.1, 0.15) is 39.0 Å². The monoisotopic (exact) mass is 297 g/mol. The molecule has 0 bridgehead atoms. The van der Waals surface area contributed by atoms with E-state index in [1.54, 1.807) is 0 Å². The number of ether oxygens (including phenoxy) is 1. The van der Waals surface area contributed by atoms with Crippen molar-refractivity contribution >= 4 is 16.7 Å². The highest BCUT2D eigenvalue weighted by atomic mass is 16.5. The molecule has 0 radical (unpaired) electrons. The van der Waals surface area contributed by atoms with Gasteiger partial charge in [-0.25, -0.2) is 0 Å². The first kappa shape index (κ1) is 14.9. The zero-order valence-corrected chi connectivity index (χ0v) is 13.0. The molecule has 1 fully saturated rings. The summed E-state index contributed by atoms with van der Waals surface area (Å²) in [6.07, 6.45) is 4.88. The second-order valence-corrected chi connectivity index (χ2v) is 6.01. The summed E-state index contributed by atoms with van der Waals surface area (Å²) in [5.74, 6) is 0.773. The molecule has 0 saturated heterocycles. The molecular formula is C19H23NO2. The van der Waals surface area contributed by atoms with Gasteiger partial charge in [0.25, 0.3) is 5.91 Å². The van der Waals surface area contributed by atoms with Crippen molar-refractivity contribution < 1.29 is 9.53 Å². The minimum atomic E-state index is -0.415. The number of rotatable bonds is 5. The van der Waals surface area contributed by atoms with Gasteiger partial charge in [-0.1, -0.05) is 50.1 Å². The smallest absolute Gasteiger partial charge is 0.261 e. The van der Waals surface area contributed by atoms with Crippen LogP contribution in [0.15, 0.2) is 42.5 Å². The molecule has 1 aliphatic rings. The Kier molecular flexibility index (Phi) is 4.62. The number of carbonyl (C=O) groups is 1. The largest absolute Gasteiger partial charge is 0.481 e. The van der Waals surface area contributed by atoms with Gasteiger partial charge in [0.2, 0.25) is 0 Å².